The SMILES string of the molecule is CSCC[C@@H](C(=O)Nc1nc(-c2cccnc2)cs1)n1c(=O)[nH]c2ccccc2c1=O. The first kappa shape index (κ1) is 21.0. The van der Waals surface area contributed by atoms with Crippen molar-refractivity contribution >= 4 is 45.0 Å². The fourth-order valence-corrected chi connectivity index (χ4v) is 4.41. The van der Waals surface area contributed by atoms with Crippen molar-refractivity contribution in [2.75, 3.05) is 17.3 Å². The van der Waals surface area contributed by atoms with Gasteiger partial charge in [0.05, 0.1) is 16.6 Å². The summed E-state index contributed by atoms with van der Waals surface area (Å²) in [6.07, 6.45) is 5.60. The summed E-state index contributed by atoms with van der Waals surface area (Å²) in [5.41, 5.74) is 0.866. The molecule has 4 aromatic rings. The van der Waals surface area contributed by atoms with Crippen LogP contribution in [0.15, 0.2) is 63.8 Å². The van der Waals surface area contributed by atoms with E-state index in [-0.39, 0.29) is 0 Å². The van der Waals surface area contributed by atoms with E-state index in [4.69, 9.17) is 0 Å². The molecule has 4 rings (SSSR count). The molecule has 3 aromatic heterocycles. The summed E-state index contributed by atoms with van der Waals surface area (Å²) in [5, 5.41) is 5.34. The summed E-state index contributed by atoms with van der Waals surface area (Å²) in [6.45, 7) is 0. The Balaban J connectivity index is 1.67. The highest BCUT2D eigenvalue weighted by atomic mass is 32.2. The number of aromatic amines is 1. The van der Waals surface area contributed by atoms with Crippen LogP contribution < -0.4 is 16.6 Å². The molecule has 0 saturated heterocycles. The van der Waals surface area contributed by atoms with Crippen LogP contribution in [0.4, 0.5) is 5.13 Å². The van der Waals surface area contributed by atoms with Gasteiger partial charge in [0, 0.05) is 23.3 Å². The van der Waals surface area contributed by atoms with Gasteiger partial charge < -0.3 is 10.3 Å². The Labute approximate surface area is 185 Å². The third-order valence-corrected chi connectivity index (χ3v) is 6.14. The summed E-state index contributed by atoms with van der Waals surface area (Å²) >= 11 is 2.81. The van der Waals surface area contributed by atoms with E-state index in [0.717, 1.165) is 10.1 Å². The molecule has 0 bridgehead atoms. The number of para-hydroxylation sites is 1. The highest BCUT2D eigenvalue weighted by molar-refractivity contribution is 7.98. The number of carbonyl (C=O) groups excluding carboxylic acids is 1. The van der Waals surface area contributed by atoms with Gasteiger partial charge in [-0.1, -0.05) is 12.1 Å². The van der Waals surface area contributed by atoms with Gasteiger partial charge in [0.1, 0.15) is 6.04 Å². The summed E-state index contributed by atoms with van der Waals surface area (Å²) in [4.78, 5) is 50.1. The van der Waals surface area contributed by atoms with Crippen LogP contribution in [-0.4, -0.2) is 37.4 Å². The van der Waals surface area contributed by atoms with E-state index in [1.165, 1.54) is 23.1 Å². The Morgan fingerprint density at radius 2 is 2.10 bits per heavy atom. The first-order valence-corrected chi connectivity index (χ1v) is 11.7. The van der Waals surface area contributed by atoms with Crippen LogP contribution in [0.1, 0.15) is 12.5 Å². The summed E-state index contributed by atoms with van der Waals surface area (Å²) < 4.78 is 1.00. The molecule has 3 heterocycles. The molecule has 0 saturated carbocycles. The number of aromatic nitrogens is 4. The van der Waals surface area contributed by atoms with E-state index in [1.54, 1.807) is 36.7 Å². The number of rotatable bonds is 7. The number of hydrogen-bond acceptors (Lipinski definition) is 7. The molecule has 158 valence electrons. The maximum Gasteiger partial charge on any atom is 0.329 e. The third-order valence-electron chi connectivity index (χ3n) is 4.74. The number of anilines is 1. The third kappa shape index (κ3) is 4.44. The summed E-state index contributed by atoms with van der Waals surface area (Å²) in [5.74, 6) is 0.152. The van der Waals surface area contributed by atoms with Crippen LogP contribution in [-0.2, 0) is 4.79 Å². The van der Waals surface area contributed by atoms with E-state index < -0.39 is 23.2 Å². The number of H-pyrrole nitrogens is 1. The minimum atomic E-state index is -0.959. The maximum absolute atomic E-state index is 13.1. The lowest BCUT2D eigenvalue weighted by Gasteiger charge is -2.18. The predicted molar refractivity (Wildman–Crippen MR) is 125 cm³/mol. The monoisotopic (exact) mass is 453 g/mol. The van der Waals surface area contributed by atoms with E-state index in [0.29, 0.717) is 33.9 Å². The van der Waals surface area contributed by atoms with Gasteiger partial charge >= 0.3 is 5.69 Å². The Bertz CT molecular complexity index is 1330. The number of fused-ring (bicyclic) bond motifs is 1. The van der Waals surface area contributed by atoms with Gasteiger partial charge in [0.2, 0.25) is 5.91 Å². The number of amides is 1. The van der Waals surface area contributed by atoms with Crippen molar-refractivity contribution in [1.82, 2.24) is 19.5 Å². The molecule has 0 radical (unpaired) electrons. The van der Waals surface area contributed by atoms with Gasteiger partial charge in [-0.25, -0.2) is 14.3 Å². The minimum Gasteiger partial charge on any atom is -0.307 e. The lowest BCUT2D eigenvalue weighted by Crippen LogP contribution is -2.42. The van der Waals surface area contributed by atoms with Gasteiger partial charge in [-0.15, -0.1) is 11.3 Å². The molecule has 10 heteroatoms. The van der Waals surface area contributed by atoms with Crippen molar-refractivity contribution in [3.05, 3.63) is 75.0 Å². The number of pyridine rings is 1. The number of benzene rings is 1. The highest BCUT2D eigenvalue weighted by Gasteiger charge is 2.25. The number of hydrogen-bond donors (Lipinski definition) is 2. The molecule has 0 unspecified atom stereocenters. The van der Waals surface area contributed by atoms with Crippen LogP contribution >= 0.6 is 23.1 Å². The Morgan fingerprint density at radius 1 is 1.26 bits per heavy atom. The van der Waals surface area contributed by atoms with Crippen molar-refractivity contribution < 1.29 is 4.79 Å². The maximum atomic E-state index is 13.1. The molecule has 0 aliphatic rings. The highest BCUT2D eigenvalue weighted by Crippen LogP contribution is 2.25. The molecule has 31 heavy (non-hydrogen) atoms. The molecule has 0 spiro atoms. The number of thiazole rings is 1. The topological polar surface area (TPSA) is 110 Å². The molecule has 8 nitrogen and oxygen atoms in total. The minimum absolute atomic E-state index is 0.329. The van der Waals surface area contributed by atoms with E-state index in [1.807, 2.05) is 23.8 Å². The molecule has 1 amide bonds. The average Bonchev–Trinajstić information content (AvgIpc) is 3.25. The Hall–Kier alpha value is -3.24. The van der Waals surface area contributed by atoms with Crippen molar-refractivity contribution in [1.29, 1.82) is 0 Å². The van der Waals surface area contributed by atoms with Crippen LogP contribution in [0.5, 0.6) is 0 Å². The molecule has 1 aromatic carbocycles. The number of nitrogens with zero attached hydrogens (tertiary/aromatic N) is 3. The van der Waals surface area contributed by atoms with Crippen LogP contribution in [0.2, 0.25) is 0 Å². The quantitative estimate of drug-likeness (QED) is 0.445. The van der Waals surface area contributed by atoms with E-state index >= 15 is 0 Å². The van der Waals surface area contributed by atoms with E-state index in [2.05, 4.69) is 20.3 Å². The van der Waals surface area contributed by atoms with E-state index in [9.17, 15) is 14.4 Å². The Morgan fingerprint density at radius 3 is 2.87 bits per heavy atom. The molecule has 0 aliphatic carbocycles. The first-order chi connectivity index (χ1) is 15.1. The standard InChI is InChI=1S/C21H19N5O3S2/c1-30-10-8-17(26-19(28)14-6-2-3-7-15(14)24-21(26)29)18(27)25-20-23-16(12-31-20)13-5-4-9-22-11-13/h2-7,9,11-12,17H,8,10H2,1H3,(H,24,29)(H,23,25,27)/t17-/m0/s1. The van der Waals surface area contributed by atoms with Gasteiger partial charge in [-0.3, -0.25) is 14.6 Å². The Kier molecular flexibility index (Phi) is 6.28. The van der Waals surface area contributed by atoms with Gasteiger partial charge in [-0.2, -0.15) is 11.8 Å². The predicted octanol–water partition coefficient (Wildman–Crippen LogP) is 3.14. The lowest BCUT2D eigenvalue weighted by molar-refractivity contribution is -0.119. The second-order valence-corrected chi connectivity index (χ2v) is 8.56. The zero-order chi connectivity index (χ0) is 21.8. The fraction of sp³-hybridized carbons (Fsp3) is 0.190. The van der Waals surface area contributed by atoms with Crippen molar-refractivity contribution in [3.63, 3.8) is 0 Å². The van der Waals surface area contributed by atoms with Crippen LogP contribution in [0.25, 0.3) is 22.2 Å². The number of carbonyl (C=O) groups is 1. The van der Waals surface area contributed by atoms with Crippen LogP contribution in [0, 0.1) is 0 Å². The van der Waals surface area contributed by atoms with Gasteiger partial charge in [0.15, 0.2) is 5.13 Å². The van der Waals surface area contributed by atoms with Crippen molar-refractivity contribution in [3.8, 4) is 11.3 Å². The molecule has 2 N–H and O–H groups in total. The average molecular weight is 454 g/mol. The number of thioether (sulfide) groups is 1. The smallest absolute Gasteiger partial charge is 0.307 e. The fourth-order valence-electron chi connectivity index (χ4n) is 3.23. The van der Waals surface area contributed by atoms with Gasteiger partial charge in [0.25, 0.3) is 5.56 Å². The molecule has 0 fully saturated rings. The van der Waals surface area contributed by atoms with Gasteiger partial charge in [-0.05, 0) is 42.7 Å². The molecular formula is C21H19N5O3S2. The largest absolute Gasteiger partial charge is 0.329 e. The normalized spacial score (nSPS) is 12.0. The van der Waals surface area contributed by atoms with Crippen molar-refractivity contribution in [2.24, 2.45) is 0 Å². The molecular weight excluding hydrogens is 434 g/mol. The summed E-state index contributed by atoms with van der Waals surface area (Å²) in [6, 6.07) is 9.48. The lowest BCUT2D eigenvalue weighted by atomic mass is 10.2. The zero-order valence-electron chi connectivity index (χ0n) is 16.6. The van der Waals surface area contributed by atoms with Crippen molar-refractivity contribution in [2.45, 2.75) is 12.5 Å². The zero-order valence-corrected chi connectivity index (χ0v) is 18.2. The summed E-state index contributed by atoms with van der Waals surface area (Å²) in [7, 11) is 0. The second-order valence-electron chi connectivity index (χ2n) is 6.72. The molecule has 1 atom stereocenters. The number of nitrogens with one attached hydrogen (secondary N) is 2. The molecule has 0 aliphatic heterocycles. The second kappa shape index (κ2) is 9.27. The first-order valence-electron chi connectivity index (χ1n) is 9.48. The van der Waals surface area contributed by atoms with Crippen LogP contribution in [0.3, 0.4) is 0 Å².